The molecule has 2 aromatic carbocycles. The van der Waals surface area contributed by atoms with E-state index in [1.807, 2.05) is 4.90 Å². The van der Waals surface area contributed by atoms with Gasteiger partial charge in [-0.15, -0.1) is 0 Å². The number of esters is 1. The second-order valence-electron chi connectivity index (χ2n) is 6.25. The number of halogens is 1. The fourth-order valence-electron chi connectivity index (χ4n) is 2.99. The van der Waals surface area contributed by atoms with Crippen LogP contribution in [0.15, 0.2) is 48.5 Å². The van der Waals surface area contributed by atoms with E-state index in [1.165, 1.54) is 42.3 Å². The van der Waals surface area contributed by atoms with Crippen molar-refractivity contribution in [3.63, 3.8) is 0 Å². The van der Waals surface area contributed by atoms with E-state index in [0.29, 0.717) is 43.1 Å². The molecule has 1 aliphatic heterocycles. The standard InChI is InChI=1S/C20H20FN3O4/c1-28-20(27)14-6-8-15(9-7-14)22-18(25)19(26)24-12-10-23(11-13-24)17-5-3-2-4-16(17)21/h2-9H,10-13H2,1H3,(H,22,25). The minimum Gasteiger partial charge on any atom is -0.465 e. The molecule has 0 bridgehead atoms. The van der Waals surface area contributed by atoms with Crippen molar-refractivity contribution in [1.29, 1.82) is 0 Å². The second kappa shape index (κ2) is 8.51. The van der Waals surface area contributed by atoms with Gasteiger partial charge in [-0.2, -0.15) is 0 Å². The lowest BCUT2D eigenvalue weighted by atomic mass is 10.2. The lowest BCUT2D eigenvalue weighted by Crippen LogP contribution is -2.51. The van der Waals surface area contributed by atoms with Crippen LogP contribution < -0.4 is 10.2 Å². The average Bonchev–Trinajstić information content (AvgIpc) is 2.73. The van der Waals surface area contributed by atoms with Gasteiger partial charge in [0.15, 0.2) is 0 Å². The number of hydrogen-bond acceptors (Lipinski definition) is 5. The maximum absolute atomic E-state index is 13.9. The van der Waals surface area contributed by atoms with Crippen LogP contribution in [0, 0.1) is 5.82 Å². The van der Waals surface area contributed by atoms with Crippen molar-refractivity contribution in [2.24, 2.45) is 0 Å². The Kier molecular flexibility index (Phi) is 5.88. The number of para-hydroxylation sites is 1. The van der Waals surface area contributed by atoms with Gasteiger partial charge in [-0.05, 0) is 36.4 Å². The van der Waals surface area contributed by atoms with Gasteiger partial charge >= 0.3 is 17.8 Å². The van der Waals surface area contributed by atoms with E-state index in [2.05, 4.69) is 10.1 Å². The van der Waals surface area contributed by atoms with Gasteiger partial charge in [-0.1, -0.05) is 12.1 Å². The Morgan fingerprint density at radius 2 is 1.61 bits per heavy atom. The van der Waals surface area contributed by atoms with E-state index in [0.717, 1.165) is 0 Å². The predicted molar refractivity (Wildman–Crippen MR) is 102 cm³/mol. The molecule has 1 aliphatic rings. The summed E-state index contributed by atoms with van der Waals surface area (Å²) in [5, 5.41) is 2.52. The maximum atomic E-state index is 13.9. The Hall–Kier alpha value is -3.42. The molecule has 0 unspecified atom stereocenters. The molecule has 1 heterocycles. The summed E-state index contributed by atoms with van der Waals surface area (Å²) in [4.78, 5) is 39.3. The topological polar surface area (TPSA) is 78.9 Å². The number of ether oxygens (including phenoxy) is 1. The van der Waals surface area contributed by atoms with E-state index in [-0.39, 0.29) is 5.82 Å². The largest absolute Gasteiger partial charge is 0.465 e. The Bertz CT molecular complexity index is 877. The fraction of sp³-hybridized carbons (Fsp3) is 0.250. The van der Waals surface area contributed by atoms with Crippen molar-refractivity contribution >= 4 is 29.2 Å². The number of benzene rings is 2. The molecule has 146 valence electrons. The van der Waals surface area contributed by atoms with E-state index in [1.54, 1.807) is 18.2 Å². The number of piperazine rings is 1. The average molecular weight is 385 g/mol. The molecule has 1 fully saturated rings. The third-order valence-electron chi connectivity index (χ3n) is 4.52. The molecule has 3 rings (SSSR count). The number of hydrogen-bond donors (Lipinski definition) is 1. The van der Waals surface area contributed by atoms with E-state index < -0.39 is 17.8 Å². The van der Waals surface area contributed by atoms with Crippen molar-refractivity contribution in [2.45, 2.75) is 0 Å². The highest BCUT2D eigenvalue weighted by molar-refractivity contribution is 6.39. The van der Waals surface area contributed by atoms with Crippen LogP contribution in [0.5, 0.6) is 0 Å². The molecule has 1 N–H and O–H groups in total. The number of anilines is 2. The SMILES string of the molecule is COC(=O)c1ccc(NC(=O)C(=O)N2CCN(c3ccccc3F)CC2)cc1. The quantitative estimate of drug-likeness (QED) is 0.645. The number of nitrogens with zero attached hydrogens (tertiary/aromatic N) is 2. The third kappa shape index (κ3) is 4.28. The van der Waals surface area contributed by atoms with Crippen molar-refractivity contribution in [3.8, 4) is 0 Å². The number of nitrogens with one attached hydrogen (secondary N) is 1. The van der Waals surface area contributed by atoms with Crippen LogP contribution in [0.25, 0.3) is 0 Å². The van der Waals surface area contributed by atoms with Gasteiger partial charge in [0.05, 0.1) is 18.4 Å². The molecule has 0 saturated carbocycles. The summed E-state index contributed by atoms with van der Waals surface area (Å²) in [7, 11) is 1.28. The Balaban J connectivity index is 1.55. The summed E-state index contributed by atoms with van der Waals surface area (Å²) in [6.45, 7) is 1.52. The zero-order chi connectivity index (χ0) is 20.1. The molecule has 0 radical (unpaired) electrons. The van der Waals surface area contributed by atoms with Crippen molar-refractivity contribution < 1.29 is 23.5 Å². The molecule has 8 heteroatoms. The highest BCUT2D eigenvalue weighted by Crippen LogP contribution is 2.20. The van der Waals surface area contributed by atoms with E-state index in [9.17, 15) is 18.8 Å². The molecular weight excluding hydrogens is 365 g/mol. The molecule has 1 saturated heterocycles. The first-order valence-electron chi connectivity index (χ1n) is 8.77. The van der Waals surface area contributed by atoms with Gasteiger partial charge in [0.2, 0.25) is 0 Å². The Morgan fingerprint density at radius 3 is 2.21 bits per heavy atom. The summed E-state index contributed by atoms with van der Waals surface area (Å²) in [6.07, 6.45) is 0. The lowest BCUT2D eigenvalue weighted by Gasteiger charge is -2.35. The van der Waals surface area contributed by atoms with Crippen LogP contribution in [-0.4, -0.2) is 56.0 Å². The smallest absolute Gasteiger partial charge is 0.337 e. The zero-order valence-corrected chi connectivity index (χ0v) is 15.4. The van der Waals surface area contributed by atoms with Crippen molar-refractivity contribution in [3.05, 3.63) is 59.9 Å². The Labute approximate surface area is 161 Å². The highest BCUT2D eigenvalue weighted by Gasteiger charge is 2.27. The lowest BCUT2D eigenvalue weighted by molar-refractivity contribution is -0.143. The van der Waals surface area contributed by atoms with Crippen molar-refractivity contribution in [2.75, 3.05) is 43.5 Å². The molecule has 0 aliphatic carbocycles. The summed E-state index contributed by atoms with van der Waals surface area (Å²) < 4.78 is 18.5. The van der Waals surface area contributed by atoms with Crippen LogP contribution in [-0.2, 0) is 14.3 Å². The number of methoxy groups -OCH3 is 1. The fourth-order valence-corrected chi connectivity index (χ4v) is 2.99. The normalized spacial score (nSPS) is 13.8. The summed E-state index contributed by atoms with van der Waals surface area (Å²) >= 11 is 0. The first-order chi connectivity index (χ1) is 13.5. The summed E-state index contributed by atoms with van der Waals surface area (Å²) in [5.74, 6) is -2.20. The van der Waals surface area contributed by atoms with Gasteiger partial charge in [0.25, 0.3) is 0 Å². The first-order valence-corrected chi connectivity index (χ1v) is 8.77. The number of carbonyl (C=O) groups excluding carboxylic acids is 3. The van der Waals surface area contributed by atoms with E-state index in [4.69, 9.17) is 0 Å². The van der Waals surface area contributed by atoms with Gasteiger partial charge in [0.1, 0.15) is 5.82 Å². The third-order valence-corrected chi connectivity index (χ3v) is 4.52. The van der Waals surface area contributed by atoms with E-state index >= 15 is 0 Å². The Morgan fingerprint density at radius 1 is 0.964 bits per heavy atom. The van der Waals surface area contributed by atoms with Crippen LogP contribution in [0.2, 0.25) is 0 Å². The molecule has 0 spiro atoms. The van der Waals surface area contributed by atoms with Crippen LogP contribution in [0.1, 0.15) is 10.4 Å². The predicted octanol–water partition coefficient (Wildman–Crippen LogP) is 1.90. The summed E-state index contributed by atoms with van der Waals surface area (Å²) in [6, 6.07) is 12.5. The first kappa shape index (κ1) is 19.3. The van der Waals surface area contributed by atoms with Crippen LogP contribution in [0.3, 0.4) is 0 Å². The van der Waals surface area contributed by atoms with Gasteiger partial charge < -0.3 is 19.9 Å². The molecule has 0 aromatic heterocycles. The zero-order valence-electron chi connectivity index (χ0n) is 15.4. The summed E-state index contributed by atoms with van der Waals surface area (Å²) in [5.41, 5.74) is 1.23. The molecule has 2 amide bonds. The number of amides is 2. The minimum absolute atomic E-state index is 0.310. The van der Waals surface area contributed by atoms with Gasteiger partial charge in [0, 0.05) is 31.9 Å². The van der Waals surface area contributed by atoms with Gasteiger partial charge in [-0.3, -0.25) is 9.59 Å². The molecule has 2 aromatic rings. The molecule has 7 nitrogen and oxygen atoms in total. The molecular formula is C20H20FN3O4. The van der Waals surface area contributed by atoms with Crippen molar-refractivity contribution in [1.82, 2.24) is 4.90 Å². The minimum atomic E-state index is -0.759. The number of rotatable bonds is 3. The number of carbonyl (C=O) groups is 3. The maximum Gasteiger partial charge on any atom is 0.337 e. The van der Waals surface area contributed by atoms with Gasteiger partial charge in [-0.25, -0.2) is 9.18 Å². The second-order valence-corrected chi connectivity index (χ2v) is 6.25. The monoisotopic (exact) mass is 385 g/mol. The molecule has 28 heavy (non-hydrogen) atoms. The molecule has 0 atom stereocenters. The van der Waals surface area contributed by atoms with Crippen LogP contribution in [0.4, 0.5) is 15.8 Å². The van der Waals surface area contributed by atoms with Crippen LogP contribution >= 0.6 is 0 Å². The highest BCUT2D eigenvalue weighted by atomic mass is 19.1.